The van der Waals surface area contributed by atoms with E-state index in [-0.39, 0.29) is 5.97 Å². The van der Waals surface area contributed by atoms with Gasteiger partial charge in [-0.05, 0) is 29.2 Å². The normalized spacial score (nSPS) is 11.3. The minimum atomic E-state index is -0.288. The number of fused-ring (bicyclic) bond motifs is 1. The summed E-state index contributed by atoms with van der Waals surface area (Å²) in [5, 5.41) is 1.90. The first-order chi connectivity index (χ1) is 16.6. The van der Waals surface area contributed by atoms with Crippen LogP contribution < -0.4 is 4.74 Å². The SMILES string of the molecule is COc1ccc2ccccc2c1C(=O)OCCCCCCCCCCCCCCCCC(C)C. The fourth-order valence-corrected chi connectivity index (χ4v) is 4.65. The first kappa shape index (κ1) is 28.2. The van der Waals surface area contributed by atoms with Crippen LogP contribution in [-0.2, 0) is 4.74 Å². The number of carbonyl (C=O) groups excluding carboxylic acids is 1. The number of unbranched alkanes of at least 4 members (excludes halogenated alkanes) is 13. The molecule has 0 atom stereocenters. The van der Waals surface area contributed by atoms with Crippen LogP contribution in [0.15, 0.2) is 36.4 Å². The summed E-state index contributed by atoms with van der Waals surface area (Å²) in [5.41, 5.74) is 0.534. The average molecular weight is 469 g/mol. The zero-order chi connectivity index (χ0) is 24.4. The molecular weight excluding hydrogens is 420 g/mol. The van der Waals surface area contributed by atoms with Crippen molar-refractivity contribution in [1.82, 2.24) is 0 Å². The maximum atomic E-state index is 12.7. The Labute approximate surface area is 208 Å². The third-order valence-corrected chi connectivity index (χ3v) is 6.72. The van der Waals surface area contributed by atoms with E-state index in [1.54, 1.807) is 7.11 Å². The van der Waals surface area contributed by atoms with E-state index in [0.717, 1.165) is 29.5 Å². The zero-order valence-electron chi connectivity index (χ0n) is 22.1. The summed E-state index contributed by atoms with van der Waals surface area (Å²) in [6.45, 7) is 5.12. The largest absolute Gasteiger partial charge is 0.496 e. The van der Waals surface area contributed by atoms with Crippen molar-refractivity contribution in [3.8, 4) is 5.75 Å². The number of ether oxygens (including phenoxy) is 2. The Morgan fingerprint density at radius 2 is 1.24 bits per heavy atom. The van der Waals surface area contributed by atoms with Crippen LogP contribution in [0.2, 0.25) is 0 Å². The highest BCUT2D eigenvalue weighted by atomic mass is 16.5. The van der Waals surface area contributed by atoms with Gasteiger partial charge in [-0.25, -0.2) is 4.79 Å². The van der Waals surface area contributed by atoms with Crippen LogP contribution in [0.3, 0.4) is 0 Å². The minimum absolute atomic E-state index is 0.288. The summed E-state index contributed by atoms with van der Waals surface area (Å²) < 4.78 is 11.0. The van der Waals surface area contributed by atoms with E-state index in [1.165, 1.54) is 83.5 Å². The first-order valence-electron chi connectivity index (χ1n) is 13.9. The van der Waals surface area contributed by atoms with E-state index in [1.807, 2.05) is 36.4 Å². The van der Waals surface area contributed by atoms with Crippen molar-refractivity contribution in [1.29, 1.82) is 0 Å². The van der Waals surface area contributed by atoms with Crippen LogP contribution in [0.4, 0.5) is 0 Å². The molecule has 0 fully saturated rings. The first-order valence-corrected chi connectivity index (χ1v) is 13.9. The van der Waals surface area contributed by atoms with Crippen molar-refractivity contribution in [2.24, 2.45) is 5.92 Å². The molecule has 0 heterocycles. The number of benzene rings is 2. The van der Waals surface area contributed by atoms with Crippen molar-refractivity contribution in [3.05, 3.63) is 42.0 Å². The van der Waals surface area contributed by atoms with Crippen LogP contribution in [-0.4, -0.2) is 19.7 Å². The number of esters is 1. The van der Waals surface area contributed by atoms with E-state index in [4.69, 9.17) is 9.47 Å². The van der Waals surface area contributed by atoms with Crippen molar-refractivity contribution >= 4 is 16.7 Å². The molecule has 0 amide bonds. The second-order valence-corrected chi connectivity index (χ2v) is 10.1. The van der Waals surface area contributed by atoms with Gasteiger partial charge in [-0.3, -0.25) is 0 Å². The smallest absolute Gasteiger partial charge is 0.342 e. The number of hydrogen-bond acceptors (Lipinski definition) is 3. The molecule has 2 aromatic rings. The molecule has 3 nitrogen and oxygen atoms in total. The highest BCUT2D eigenvalue weighted by Gasteiger charge is 2.17. The quantitative estimate of drug-likeness (QED) is 0.152. The molecule has 2 rings (SSSR count). The summed E-state index contributed by atoms with van der Waals surface area (Å²) in [6, 6.07) is 11.7. The third-order valence-electron chi connectivity index (χ3n) is 6.72. The fraction of sp³-hybridized carbons (Fsp3) is 0.645. The number of hydrogen-bond donors (Lipinski definition) is 0. The van der Waals surface area contributed by atoms with E-state index in [0.29, 0.717) is 17.9 Å². The minimum Gasteiger partial charge on any atom is -0.496 e. The lowest BCUT2D eigenvalue weighted by Crippen LogP contribution is -2.09. The molecule has 0 saturated heterocycles. The van der Waals surface area contributed by atoms with Crippen LogP contribution in [0, 0.1) is 5.92 Å². The van der Waals surface area contributed by atoms with Crippen molar-refractivity contribution in [3.63, 3.8) is 0 Å². The number of carbonyl (C=O) groups is 1. The van der Waals surface area contributed by atoms with Crippen molar-refractivity contribution < 1.29 is 14.3 Å². The van der Waals surface area contributed by atoms with Crippen molar-refractivity contribution in [2.75, 3.05) is 13.7 Å². The van der Waals surface area contributed by atoms with E-state index >= 15 is 0 Å². The predicted molar refractivity (Wildman–Crippen MR) is 145 cm³/mol. The van der Waals surface area contributed by atoms with Gasteiger partial charge in [0.1, 0.15) is 11.3 Å². The summed E-state index contributed by atoms with van der Waals surface area (Å²) in [7, 11) is 1.59. The van der Waals surface area contributed by atoms with Gasteiger partial charge in [-0.1, -0.05) is 134 Å². The summed E-state index contributed by atoms with van der Waals surface area (Å²) in [4.78, 5) is 12.7. The number of methoxy groups -OCH3 is 1. The Morgan fingerprint density at radius 3 is 1.79 bits per heavy atom. The van der Waals surface area contributed by atoms with Gasteiger partial charge in [0.2, 0.25) is 0 Å². The molecule has 0 aliphatic heterocycles. The molecule has 0 N–H and O–H groups in total. The molecule has 0 aliphatic carbocycles. The van der Waals surface area contributed by atoms with E-state index in [9.17, 15) is 4.79 Å². The molecule has 190 valence electrons. The van der Waals surface area contributed by atoms with Crippen LogP contribution in [0.1, 0.15) is 121 Å². The van der Waals surface area contributed by atoms with E-state index < -0.39 is 0 Å². The molecule has 0 unspecified atom stereocenters. The summed E-state index contributed by atoms with van der Waals surface area (Å²) in [6.07, 6.45) is 20.0. The Balaban J connectivity index is 1.45. The van der Waals surface area contributed by atoms with Gasteiger partial charge in [-0.15, -0.1) is 0 Å². The Hall–Kier alpha value is -2.03. The van der Waals surface area contributed by atoms with Crippen molar-refractivity contribution in [2.45, 2.75) is 110 Å². The molecule has 0 saturated carbocycles. The standard InChI is InChI=1S/C31H48O3/c1-26(2)20-16-14-12-10-8-6-4-5-7-9-11-13-15-19-25-34-31(32)30-28-22-18-17-21-27(28)23-24-29(30)33-3/h17-18,21-24,26H,4-16,19-20,25H2,1-3H3. The molecule has 2 aromatic carbocycles. The number of rotatable bonds is 19. The maximum Gasteiger partial charge on any atom is 0.342 e. The fourth-order valence-electron chi connectivity index (χ4n) is 4.65. The summed E-state index contributed by atoms with van der Waals surface area (Å²) >= 11 is 0. The van der Waals surface area contributed by atoms with Gasteiger partial charge in [-0.2, -0.15) is 0 Å². The summed E-state index contributed by atoms with van der Waals surface area (Å²) in [5.74, 6) is 1.15. The lowest BCUT2D eigenvalue weighted by Gasteiger charge is -2.12. The molecule has 0 radical (unpaired) electrons. The second-order valence-electron chi connectivity index (χ2n) is 10.1. The molecule has 34 heavy (non-hydrogen) atoms. The lowest BCUT2D eigenvalue weighted by atomic mass is 10.0. The van der Waals surface area contributed by atoms with Crippen LogP contribution in [0.25, 0.3) is 10.8 Å². The Kier molecular flexibility index (Phi) is 14.4. The van der Waals surface area contributed by atoms with Gasteiger partial charge in [0.15, 0.2) is 0 Å². The van der Waals surface area contributed by atoms with Gasteiger partial charge >= 0.3 is 5.97 Å². The third kappa shape index (κ3) is 10.9. The van der Waals surface area contributed by atoms with Gasteiger partial charge in [0.05, 0.1) is 13.7 Å². The monoisotopic (exact) mass is 468 g/mol. The molecule has 0 aromatic heterocycles. The second kappa shape index (κ2) is 17.4. The molecule has 0 aliphatic rings. The predicted octanol–water partition coefficient (Wildman–Crippen LogP) is 9.51. The zero-order valence-corrected chi connectivity index (χ0v) is 22.1. The lowest BCUT2D eigenvalue weighted by molar-refractivity contribution is 0.0496. The maximum absolute atomic E-state index is 12.7. The van der Waals surface area contributed by atoms with Crippen LogP contribution in [0.5, 0.6) is 5.75 Å². The molecule has 0 bridgehead atoms. The average Bonchev–Trinajstić information content (AvgIpc) is 2.84. The molecule has 0 spiro atoms. The van der Waals surface area contributed by atoms with Gasteiger partial charge in [0.25, 0.3) is 0 Å². The highest BCUT2D eigenvalue weighted by molar-refractivity contribution is 6.07. The molecular formula is C31H48O3. The van der Waals surface area contributed by atoms with E-state index in [2.05, 4.69) is 13.8 Å². The topological polar surface area (TPSA) is 35.5 Å². The Morgan fingerprint density at radius 1 is 0.706 bits per heavy atom. The Bertz CT molecular complexity index is 811. The van der Waals surface area contributed by atoms with Crippen LogP contribution >= 0.6 is 0 Å². The highest BCUT2D eigenvalue weighted by Crippen LogP contribution is 2.28. The van der Waals surface area contributed by atoms with Gasteiger partial charge in [0, 0.05) is 0 Å². The molecule has 3 heteroatoms. The van der Waals surface area contributed by atoms with Gasteiger partial charge < -0.3 is 9.47 Å².